The predicted molar refractivity (Wildman–Crippen MR) is 39.8 cm³/mol. The molecule has 1 saturated heterocycles. The molecule has 1 aliphatic heterocycles. The number of hydrogen-bond donors (Lipinski definition) is 1. The number of hydrogen-bond acceptors (Lipinski definition) is 4. The van der Waals surface area contributed by atoms with Gasteiger partial charge >= 0.3 is 0 Å². The summed E-state index contributed by atoms with van der Waals surface area (Å²) < 4.78 is 8.67. The van der Waals surface area contributed by atoms with Gasteiger partial charge in [-0.05, 0) is 0 Å². The molecule has 0 saturated carbocycles. The average Bonchev–Trinajstić information content (AvgIpc) is 2.07. The Kier molecular flexibility index (Phi) is 6.41. The molecule has 5 nitrogen and oxygen atoms in total. The van der Waals surface area contributed by atoms with Gasteiger partial charge in [-0.1, -0.05) is 0 Å². The molecule has 0 aromatic heterocycles. The van der Waals surface area contributed by atoms with Crippen LogP contribution >= 0.6 is 0 Å². The van der Waals surface area contributed by atoms with E-state index in [9.17, 15) is 0 Å². The van der Waals surface area contributed by atoms with E-state index in [4.69, 9.17) is 14.6 Å². The van der Waals surface area contributed by atoms with Crippen molar-refractivity contribution in [1.29, 1.82) is 0 Å². The minimum atomic E-state index is -1.50. The van der Waals surface area contributed by atoms with Gasteiger partial charge in [0.15, 0.2) is 0 Å². The van der Waals surface area contributed by atoms with Crippen LogP contribution < -0.4 is 10.0 Å². The van der Waals surface area contributed by atoms with Gasteiger partial charge < -0.3 is 24.3 Å². The van der Waals surface area contributed by atoms with Crippen molar-refractivity contribution in [2.75, 3.05) is 40.5 Å². The number of likely N-dealkylation sites (N-methyl/N-ethyl adjacent to an activating group) is 1. The highest BCUT2D eigenvalue weighted by molar-refractivity contribution is 5.53. The summed E-state index contributed by atoms with van der Waals surface area (Å²) in [4.78, 5) is 10.6. The van der Waals surface area contributed by atoms with E-state index in [-0.39, 0.29) is 0 Å². The Labute approximate surface area is 71.9 Å². The number of carbonyl (C=O) groups excluding carboxylic acids is 1. The van der Waals surface area contributed by atoms with Crippen LogP contribution in [-0.4, -0.2) is 46.6 Å². The fourth-order valence-electron chi connectivity index (χ4n) is 0.720. The van der Waals surface area contributed by atoms with Crippen molar-refractivity contribution in [1.82, 2.24) is 0 Å². The molecule has 0 aliphatic carbocycles. The molecule has 0 aromatic carbocycles. The van der Waals surface area contributed by atoms with Gasteiger partial charge in [0.1, 0.15) is 13.1 Å². The highest BCUT2D eigenvalue weighted by Crippen LogP contribution is 1.71. The Morgan fingerprint density at radius 2 is 1.92 bits per heavy atom. The molecule has 0 radical (unpaired) electrons. The van der Waals surface area contributed by atoms with Crippen LogP contribution in [0.4, 0.5) is 4.79 Å². The monoisotopic (exact) mass is 177 g/mol. The Morgan fingerprint density at radius 3 is 2.08 bits per heavy atom. The third-order valence-electron chi connectivity index (χ3n) is 1.51. The van der Waals surface area contributed by atoms with Crippen molar-refractivity contribution in [2.24, 2.45) is 0 Å². The summed E-state index contributed by atoms with van der Waals surface area (Å²) in [5.74, 6) is 0. The average molecular weight is 177 g/mol. The zero-order valence-corrected chi connectivity index (χ0v) is 7.46. The van der Waals surface area contributed by atoms with Gasteiger partial charge in [-0.25, -0.2) is 0 Å². The summed E-state index contributed by atoms with van der Waals surface area (Å²) >= 11 is 0. The quantitative estimate of drug-likeness (QED) is 0.416. The molecule has 1 aliphatic rings. The number of methoxy groups -OCH3 is 1. The molecule has 1 heterocycles. The van der Waals surface area contributed by atoms with E-state index in [1.54, 1.807) is 4.90 Å². The molecule has 1 rings (SSSR count). The zero-order valence-electron chi connectivity index (χ0n) is 7.46. The SMILES string of the molecule is COC(=O)[O-].C[NH+]1CCOCC1. The maximum Gasteiger partial charge on any atom is 0.251 e. The molecular formula is C7H15NO4. The van der Waals surface area contributed by atoms with E-state index in [0.29, 0.717) is 0 Å². The molecule has 72 valence electrons. The first-order chi connectivity index (χ1) is 5.66. The number of quaternary nitrogens is 1. The van der Waals surface area contributed by atoms with E-state index < -0.39 is 6.16 Å². The Bertz CT molecular complexity index is 123. The van der Waals surface area contributed by atoms with E-state index in [1.807, 2.05) is 0 Å². The van der Waals surface area contributed by atoms with Crippen LogP contribution in [0.5, 0.6) is 0 Å². The molecule has 0 spiro atoms. The number of ether oxygens (including phenoxy) is 2. The number of morpholine rings is 1. The molecule has 0 atom stereocenters. The van der Waals surface area contributed by atoms with Crippen LogP contribution in [0.2, 0.25) is 0 Å². The smallest absolute Gasteiger partial charge is 0.251 e. The molecule has 1 N–H and O–H groups in total. The summed E-state index contributed by atoms with van der Waals surface area (Å²) in [7, 11) is 3.23. The molecule has 1 fully saturated rings. The Balaban J connectivity index is 0.000000217. The number of carboxylic acid groups (broad SMARTS) is 1. The van der Waals surface area contributed by atoms with E-state index in [0.717, 1.165) is 20.3 Å². The van der Waals surface area contributed by atoms with Gasteiger partial charge in [-0.3, -0.25) is 0 Å². The van der Waals surface area contributed by atoms with Crippen molar-refractivity contribution in [3.05, 3.63) is 0 Å². The van der Waals surface area contributed by atoms with Crippen molar-refractivity contribution in [3.63, 3.8) is 0 Å². The lowest BCUT2D eigenvalue weighted by Crippen LogP contribution is -3.11. The lowest BCUT2D eigenvalue weighted by atomic mass is 10.5. The third-order valence-corrected chi connectivity index (χ3v) is 1.51. The van der Waals surface area contributed by atoms with Crippen molar-refractivity contribution >= 4 is 6.16 Å². The highest BCUT2D eigenvalue weighted by Gasteiger charge is 2.05. The van der Waals surface area contributed by atoms with E-state index >= 15 is 0 Å². The third kappa shape index (κ3) is 7.30. The van der Waals surface area contributed by atoms with Crippen LogP contribution in [0.3, 0.4) is 0 Å². The fraction of sp³-hybridized carbons (Fsp3) is 0.857. The topological polar surface area (TPSA) is 63.0 Å². The molecule has 0 aromatic rings. The van der Waals surface area contributed by atoms with E-state index in [1.165, 1.54) is 13.1 Å². The molecule has 12 heavy (non-hydrogen) atoms. The maximum atomic E-state index is 9.03. The zero-order chi connectivity index (χ0) is 9.40. The standard InChI is InChI=1S/C5H11NO.C2H4O3/c1-6-2-4-7-5-3-6;1-5-2(3)4/h2-5H2,1H3;1H3,(H,3,4). The summed E-state index contributed by atoms with van der Waals surface area (Å²) in [6.45, 7) is 4.26. The lowest BCUT2D eigenvalue weighted by Gasteiger charge is -2.18. The highest BCUT2D eigenvalue weighted by atomic mass is 16.6. The number of nitrogens with one attached hydrogen (secondary N) is 1. The first kappa shape index (κ1) is 11.2. The van der Waals surface area contributed by atoms with Crippen LogP contribution in [0, 0.1) is 0 Å². The minimum Gasteiger partial charge on any atom is -0.553 e. The summed E-state index contributed by atoms with van der Waals surface area (Å²) in [5, 5.41) is 9.03. The van der Waals surface area contributed by atoms with Crippen molar-refractivity contribution in [3.8, 4) is 0 Å². The maximum absolute atomic E-state index is 9.03. The minimum absolute atomic E-state index is 0.950. The lowest BCUT2D eigenvalue weighted by molar-refractivity contribution is -0.888. The number of carbonyl (C=O) groups is 1. The van der Waals surface area contributed by atoms with Gasteiger partial charge in [-0.2, -0.15) is 0 Å². The second kappa shape index (κ2) is 6.87. The first-order valence-electron chi connectivity index (χ1n) is 3.81. The van der Waals surface area contributed by atoms with Gasteiger partial charge in [0, 0.05) is 7.11 Å². The first-order valence-corrected chi connectivity index (χ1v) is 3.81. The van der Waals surface area contributed by atoms with Gasteiger partial charge in [0.25, 0.3) is 6.16 Å². The van der Waals surface area contributed by atoms with Crippen LogP contribution in [0.25, 0.3) is 0 Å². The predicted octanol–water partition coefficient (Wildman–Crippen LogP) is -2.49. The van der Waals surface area contributed by atoms with Crippen LogP contribution in [-0.2, 0) is 9.47 Å². The Hall–Kier alpha value is -0.810. The molecule has 0 bridgehead atoms. The molecular weight excluding hydrogens is 162 g/mol. The van der Waals surface area contributed by atoms with Gasteiger partial charge in [0.2, 0.25) is 0 Å². The van der Waals surface area contributed by atoms with Crippen molar-refractivity contribution in [2.45, 2.75) is 0 Å². The second-order valence-electron chi connectivity index (χ2n) is 2.52. The molecule has 0 amide bonds. The second-order valence-corrected chi connectivity index (χ2v) is 2.52. The summed E-state index contributed by atoms with van der Waals surface area (Å²) in [6.07, 6.45) is -1.50. The normalized spacial score (nSPS) is 17.5. The summed E-state index contributed by atoms with van der Waals surface area (Å²) in [6, 6.07) is 0. The van der Waals surface area contributed by atoms with Crippen LogP contribution in [0.1, 0.15) is 0 Å². The fourth-order valence-corrected chi connectivity index (χ4v) is 0.720. The van der Waals surface area contributed by atoms with Crippen LogP contribution in [0.15, 0.2) is 0 Å². The Morgan fingerprint density at radius 1 is 1.50 bits per heavy atom. The van der Waals surface area contributed by atoms with Gasteiger partial charge in [0.05, 0.1) is 20.3 Å². The van der Waals surface area contributed by atoms with Gasteiger partial charge in [-0.15, -0.1) is 0 Å². The molecule has 5 heteroatoms. The summed E-state index contributed by atoms with van der Waals surface area (Å²) in [5.41, 5.74) is 0. The molecule has 0 unspecified atom stereocenters. The van der Waals surface area contributed by atoms with E-state index in [2.05, 4.69) is 11.8 Å². The number of rotatable bonds is 0. The van der Waals surface area contributed by atoms with Crippen molar-refractivity contribution < 1.29 is 24.3 Å². The largest absolute Gasteiger partial charge is 0.553 e.